The van der Waals surface area contributed by atoms with E-state index in [-0.39, 0.29) is 30.8 Å². The van der Waals surface area contributed by atoms with Gasteiger partial charge < -0.3 is 10.0 Å². The highest BCUT2D eigenvalue weighted by Gasteiger charge is 2.26. The van der Waals surface area contributed by atoms with E-state index in [1.807, 2.05) is 6.92 Å². The first-order valence-electron chi connectivity index (χ1n) is 10.1. The Bertz CT molecular complexity index is 1130. The lowest BCUT2D eigenvalue weighted by molar-refractivity contribution is 0.0740. The molecular weight excluding hydrogens is 423 g/mol. The summed E-state index contributed by atoms with van der Waals surface area (Å²) in [5.41, 5.74) is -0.861. The molecule has 1 amide bonds. The molecule has 0 aliphatic rings. The van der Waals surface area contributed by atoms with E-state index in [4.69, 9.17) is 0 Å². The predicted octanol–water partition coefficient (Wildman–Crippen LogP) is 3.97. The highest BCUT2D eigenvalue weighted by molar-refractivity contribution is 5.94. The van der Waals surface area contributed by atoms with Gasteiger partial charge in [0.25, 0.3) is 5.91 Å². The number of nitrogens with one attached hydrogen (secondary N) is 1. The molecule has 3 rings (SSSR count). The topological polar surface area (TPSA) is 86.3 Å². The van der Waals surface area contributed by atoms with Crippen molar-refractivity contribution < 1.29 is 23.1 Å². The summed E-state index contributed by atoms with van der Waals surface area (Å²) >= 11 is 0. The molecule has 1 heterocycles. The van der Waals surface area contributed by atoms with Gasteiger partial charge in [-0.3, -0.25) is 14.7 Å². The molecule has 0 aliphatic carbocycles. The third kappa shape index (κ3) is 4.99. The second-order valence-corrected chi connectivity index (χ2v) is 7.28. The summed E-state index contributed by atoms with van der Waals surface area (Å²) in [6.07, 6.45) is 1.52. The van der Waals surface area contributed by atoms with Crippen molar-refractivity contribution in [1.82, 2.24) is 15.1 Å². The van der Waals surface area contributed by atoms with E-state index in [9.17, 15) is 27.9 Å². The summed E-state index contributed by atoms with van der Waals surface area (Å²) in [6, 6.07) is 8.84. The van der Waals surface area contributed by atoms with Gasteiger partial charge in [0.05, 0.1) is 6.20 Å². The Balaban J connectivity index is 1.94. The standard InChI is InChI=1S/C23H22F3N3O3/c1-2-11-29(23(32)21-22(31)19(30)13-27-28-21)12-10-16(14-6-8-15(24)9-7-14)20-17(25)4-3-5-18(20)26/h3-9,13,16H,2,10-12H2,1H3,(H,27,31)(H,28,30). The molecule has 0 spiro atoms. The van der Waals surface area contributed by atoms with Gasteiger partial charge in [-0.25, -0.2) is 13.2 Å². The van der Waals surface area contributed by atoms with Crippen molar-refractivity contribution in [1.29, 1.82) is 0 Å². The van der Waals surface area contributed by atoms with Gasteiger partial charge >= 0.3 is 0 Å². The third-order valence-electron chi connectivity index (χ3n) is 5.13. The summed E-state index contributed by atoms with van der Waals surface area (Å²) in [5, 5.41) is 15.8. The van der Waals surface area contributed by atoms with Crippen LogP contribution in [0.1, 0.15) is 47.3 Å². The average Bonchev–Trinajstić information content (AvgIpc) is 2.77. The number of carbonyl (C=O) groups is 1. The van der Waals surface area contributed by atoms with Crippen LogP contribution >= 0.6 is 0 Å². The number of halogens is 3. The summed E-state index contributed by atoms with van der Waals surface area (Å²) in [5.74, 6) is -4.20. The van der Waals surface area contributed by atoms with Gasteiger partial charge in [0, 0.05) is 24.6 Å². The number of benzene rings is 2. The maximum Gasteiger partial charge on any atom is 0.275 e. The summed E-state index contributed by atoms with van der Waals surface area (Å²) < 4.78 is 42.6. The number of aromatic amines is 1. The lowest BCUT2D eigenvalue weighted by Crippen LogP contribution is -2.35. The number of amides is 1. The van der Waals surface area contributed by atoms with Crippen molar-refractivity contribution in [3.63, 3.8) is 0 Å². The normalized spacial score (nSPS) is 11.9. The fraction of sp³-hybridized carbons (Fsp3) is 0.261. The Morgan fingerprint density at radius 3 is 2.38 bits per heavy atom. The Hall–Kier alpha value is -3.62. The van der Waals surface area contributed by atoms with Gasteiger partial charge in [0.1, 0.15) is 17.5 Å². The van der Waals surface area contributed by atoms with E-state index in [0.717, 1.165) is 18.3 Å². The second-order valence-electron chi connectivity index (χ2n) is 7.28. The molecule has 0 fully saturated rings. The van der Waals surface area contributed by atoms with Crippen LogP contribution in [0.3, 0.4) is 0 Å². The number of aromatic hydroxyl groups is 1. The lowest BCUT2D eigenvalue weighted by atomic mass is 9.87. The molecule has 0 radical (unpaired) electrons. The zero-order chi connectivity index (χ0) is 23.3. The van der Waals surface area contributed by atoms with Crippen LogP contribution in [0.5, 0.6) is 5.75 Å². The molecule has 2 N–H and O–H groups in total. The molecule has 168 valence electrons. The van der Waals surface area contributed by atoms with Crippen molar-refractivity contribution in [3.8, 4) is 5.75 Å². The number of aromatic nitrogens is 2. The Labute approximate surface area is 182 Å². The molecule has 1 aromatic heterocycles. The van der Waals surface area contributed by atoms with Crippen molar-refractivity contribution in [2.24, 2.45) is 0 Å². The van der Waals surface area contributed by atoms with E-state index in [2.05, 4.69) is 10.2 Å². The minimum atomic E-state index is -0.804. The van der Waals surface area contributed by atoms with Crippen LogP contribution in [0.4, 0.5) is 13.2 Å². The molecule has 32 heavy (non-hydrogen) atoms. The highest BCUT2D eigenvalue weighted by Crippen LogP contribution is 2.32. The number of carbonyl (C=O) groups excluding carboxylic acids is 1. The summed E-state index contributed by atoms with van der Waals surface area (Å²) in [6.45, 7) is 2.16. The van der Waals surface area contributed by atoms with E-state index in [1.165, 1.54) is 35.2 Å². The molecule has 0 bridgehead atoms. The molecule has 0 aliphatic heterocycles. The largest absolute Gasteiger partial charge is 0.502 e. The van der Waals surface area contributed by atoms with Crippen LogP contribution in [0, 0.1) is 17.5 Å². The molecular formula is C23H22F3N3O3. The first-order chi connectivity index (χ1) is 15.3. The second kappa shape index (κ2) is 10.1. The van der Waals surface area contributed by atoms with Crippen molar-refractivity contribution >= 4 is 5.91 Å². The van der Waals surface area contributed by atoms with Crippen LogP contribution in [-0.4, -0.2) is 39.2 Å². The zero-order valence-corrected chi connectivity index (χ0v) is 17.3. The molecule has 1 unspecified atom stereocenters. The van der Waals surface area contributed by atoms with Gasteiger partial charge in [-0.1, -0.05) is 25.1 Å². The van der Waals surface area contributed by atoms with Crippen LogP contribution in [-0.2, 0) is 0 Å². The molecule has 6 nitrogen and oxygen atoms in total. The van der Waals surface area contributed by atoms with E-state index >= 15 is 0 Å². The third-order valence-corrected chi connectivity index (χ3v) is 5.13. The predicted molar refractivity (Wildman–Crippen MR) is 112 cm³/mol. The Morgan fingerprint density at radius 1 is 1.09 bits per heavy atom. The summed E-state index contributed by atoms with van der Waals surface area (Å²) in [7, 11) is 0. The van der Waals surface area contributed by atoms with Crippen molar-refractivity contribution in [2.45, 2.75) is 25.7 Å². The Kier molecular flexibility index (Phi) is 7.29. The van der Waals surface area contributed by atoms with Gasteiger partial charge in [-0.05, 0) is 42.7 Å². The minimum Gasteiger partial charge on any atom is -0.502 e. The highest BCUT2D eigenvalue weighted by atomic mass is 19.1. The van der Waals surface area contributed by atoms with Gasteiger partial charge in [0.15, 0.2) is 11.4 Å². The van der Waals surface area contributed by atoms with Crippen molar-refractivity contribution in [2.75, 3.05) is 13.1 Å². The fourth-order valence-electron chi connectivity index (χ4n) is 3.59. The average molecular weight is 445 g/mol. The maximum atomic E-state index is 14.6. The van der Waals surface area contributed by atoms with Crippen LogP contribution in [0.2, 0.25) is 0 Å². The van der Waals surface area contributed by atoms with Gasteiger partial charge in [-0.15, -0.1) is 0 Å². The van der Waals surface area contributed by atoms with Crippen LogP contribution in [0.15, 0.2) is 53.5 Å². The molecule has 9 heteroatoms. The lowest BCUT2D eigenvalue weighted by Gasteiger charge is -2.26. The number of hydrogen-bond donors (Lipinski definition) is 2. The molecule has 0 saturated carbocycles. The smallest absolute Gasteiger partial charge is 0.275 e. The van der Waals surface area contributed by atoms with E-state index in [0.29, 0.717) is 12.0 Å². The monoisotopic (exact) mass is 445 g/mol. The molecule has 0 saturated heterocycles. The van der Waals surface area contributed by atoms with Crippen LogP contribution in [0.25, 0.3) is 0 Å². The molecule has 2 aromatic carbocycles. The molecule has 3 aromatic rings. The number of rotatable bonds is 8. The fourth-order valence-corrected chi connectivity index (χ4v) is 3.59. The molecule has 1 atom stereocenters. The number of nitrogens with zero attached hydrogens (tertiary/aromatic N) is 2. The Morgan fingerprint density at radius 2 is 1.75 bits per heavy atom. The maximum absolute atomic E-state index is 14.6. The van der Waals surface area contributed by atoms with Gasteiger partial charge in [0.2, 0.25) is 5.43 Å². The number of H-pyrrole nitrogens is 1. The quantitative estimate of drug-likeness (QED) is 0.550. The summed E-state index contributed by atoms with van der Waals surface area (Å²) in [4.78, 5) is 25.9. The van der Waals surface area contributed by atoms with E-state index < -0.39 is 40.5 Å². The zero-order valence-electron chi connectivity index (χ0n) is 17.3. The number of hydrogen-bond acceptors (Lipinski definition) is 4. The minimum absolute atomic E-state index is 0.0544. The first kappa shape index (κ1) is 23.1. The first-order valence-corrected chi connectivity index (χ1v) is 10.1. The SMILES string of the molecule is CCCN(CCC(c1ccc(F)cc1)c1c(F)cccc1F)C(=O)c1[nH]ncc(=O)c1O. The van der Waals surface area contributed by atoms with Crippen molar-refractivity contribution in [3.05, 3.63) is 93.2 Å². The van der Waals surface area contributed by atoms with E-state index in [1.54, 1.807) is 0 Å². The van der Waals surface area contributed by atoms with Gasteiger partial charge in [-0.2, -0.15) is 5.10 Å². The van der Waals surface area contributed by atoms with Crippen LogP contribution < -0.4 is 5.43 Å².